The highest BCUT2D eigenvalue weighted by molar-refractivity contribution is 9.11. The van der Waals surface area contributed by atoms with Crippen LogP contribution in [0.15, 0.2) is 15.9 Å². The van der Waals surface area contributed by atoms with E-state index in [-0.39, 0.29) is 18.4 Å². The number of amides is 2. The number of aliphatic hydroxyl groups excluding tert-OH is 1. The molecule has 0 saturated heterocycles. The molecule has 0 bridgehead atoms. The summed E-state index contributed by atoms with van der Waals surface area (Å²) in [6, 6.07) is 3.48. The molecular formula is C12H17BrN2O3S. The molecule has 3 N–H and O–H groups in total. The minimum atomic E-state index is -0.390. The molecule has 19 heavy (non-hydrogen) atoms. The van der Waals surface area contributed by atoms with E-state index in [0.717, 1.165) is 3.79 Å². The third kappa shape index (κ3) is 6.17. The molecule has 1 rings (SSSR count). The number of carbonyl (C=O) groups is 2. The summed E-state index contributed by atoms with van der Waals surface area (Å²) in [5.74, 6) is -0.522. The number of thiophene rings is 1. The summed E-state index contributed by atoms with van der Waals surface area (Å²) in [5, 5.41) is 14.5. The van der Waals surface area contributed by atoms with Gasteiger partial charge in [0.1, 0.15) is 0 Å². The van der Waals surface area contributed by atoms with Crippen LogP contribution in [0.5, 0.6) is 0 Å². The first kappa shape index (κ1) is 16.1. The maximum Gasteiger partial charge on any atom is 0.261 e. The third-order valence-corrected chi connectivity index (χ3v) is 4.10. The zero-order chi connectivity index (χ0) is 14.3. The van der Waals surface area contributed by atoms with Crippen molar-refractivity contribution >= 4 is 39.1 Å². The van der Waals surface area contributed by atoms with Gasteiger partial charge < -0.3 is 15.7 Å². The highest BCUT2D eigenvalue weighted by Gasteiger charge is 2.10. The van der Waals surface area contributed by atoms with Gasteiger partial charge in [-0.25, -0.2) is 0 Å². The lowest BCUT2D eigenvalue weighted by Crippen LogP contribution is -2.37. The van der Waals surface area contributed by atoms with Gasteiger partial charge in [-0.2, -0.15) is 0 Å². The Hall–Kier alpha value is -0.920. The molecule has 5 nitrogen and oxygen atoms in total. The Morgan fingerprint density at radius 1 is 1.42 bits per heavy atom. The van der Waals surface area contributed by atoms with E-state index in [2.05, 4.69) is 26.6 Å². The molecule has 1 unspecified atom stereocenters. The van der Waals surface area contributed by atoms with Crippen LogP contribution in [-0.4, -0.2) is 36.1 Å². The van der Waals surface area contributed by atoms with Crippen LogP contribution in [0.2, 0.25) is 0 Å². The van der Waals surface area contributed by atoms with Gasteiger partial charge in [-0.3, -0.25) is 9.59 Å². The molecule has 1 aromatic heterocycles. The van der Waals surface area contributed by atoms with E-state index in [1.165, 1.54) is 11.3 Å². The number of hydrogen-bond donors (Lipinski definition) is 3. The lowest BCUT2D eigenvalue weighted by atomic mass is 10.2. The average molecular weight is 349 g/mol. The summed E-state index contributed by atoms with van der Waals surface area (Å²) in [5.41, 5.74) is 0. The second-order valence-electron chi connectivity index (χ2n) is 3.99. The minimum absolute atomic E-state index is 0.0590. The van der Waals surface area contributed by atoms with E-state index in [1.54, 1.807) is 12.1 Å². The molecule has 2 amide bonds. The second-order valence-corrected chi connectivity index (χ2v) is 6.45. The first-order valence-electron chi connectivity index (χ1n) is 6.01. The Kier molecular flexibility index (Phi) is 7.04. The second kappa shape index (κ2) is 8.29. The summed E-state index contributed by atoms with van der Waals surface area (Å²) in [6.07, 6.45) is 0.798. The van der Waals surface area contributed by atoms with Crippen LogP contribution in [-0.2, 0) is 4.79 Å². The van der Waals surface area contributed by atoms with Gasteiger partial charge in [0.2, 0.25) is 5.91 Å². The van der Waals surface area contributed by atoms with E-state index in [4.69, 9.17) is 0 Å². The van der Waals surface area contributed by atoms with E-state index in [0.29, 0.717) is 24.3 Å². The van der Waals surface area contributed by atoms with Crippen molar-refractivity contribution in [1.82, 2.24) is 10.6 Å². The monoisotopic (exact) mass is 348 g/mol. The summed E-state index contributed by atoms with van der Waals surface area (Å²) in [7, 11) is 0. The number of nitrogens with one attached hydrogen (secondary N) is 2. The first-order chi connectivity index (χ1) is 9.02. The Morgan fingerprint density at radius 2 is 2.16 bits per heavy atom. The van der Waals surface area contributed by atoms with Gasteiger partial charge in [-0.15, -0.1) is 11.3 Å². The van der Waals surface area contributed by atoms with Crippen LogP contribution >= 0.6 is 27.3 Å². The lowest BCUT2D eigenvalue weighted by Gasteiger charge is -2.09. The largest absolute Gasteiger partial charge is 0.393 e. The molecule has 106 valence electrons. The Balaban J connectivity index is 2.21. The normalized spacial score (nSPS) is 11.9. The molecule has 7 heteroatoms. The molecule has 0 spiro atoms. The van der Waals surface area contributed by atoms with Gasteiger partial charge in [-0.1, -0.05) is 6.92 Å². The van der Waals surface area contributed by atoms with Crippen molar-refractivity contribution in [3.63, 3.8) is 0 Å². The third-order valence-electron chi connectivity index (χ3n) is 2.48. The Bertz CT molecular complexity index is 436. The average Bonchev–Trinajstić information content (AvgIpc) is 2.82. The van der Waals surface area contributed by atoms with Crippen molar-refractivity contribution in [2.45, 2.75) is 25.9 Å². The summed E-state index contributed by atoms with van der Waals surface area (Å²) in [4.78, 5) is 23.6. The summed E-state index contributed by atoms with van der Waals surface area (Å²) in [6.45, 7) is 2.23. The molecule has 0 radical (unpaired) electrons. The Labute approximate surface area is 124 Å². The molecular weight excluding hydrogens is 332 g/mol. The number of hydrogen-bond acceptors (Lipinski definition) is 4. The van der Waals surface area contributed by atoms with Crippen LogP contribution < -0.4 is 10.6 Å². The quantitative estimate of drug-likeness (QED) is 0.698. The van der Waals surface area contributed by atoms with Crippen molar-refractivity contribution in [3.8, 4) is 0 Å². The topological polar surface area (TPSA) is 78.4 Å². The summed E-state index contributed by atoms with van der Waals surface area (Å²) >= 11 is 4.58. The molecule has 0 aliphatic rings. The molecule has 1 heterocycles. The van der Waals surface area contributed by atoms with Gasteiger partial charge in [0, 0.05) is 6.54 Å². The van der Waals surface area contributed by atoms with Crippen LogP contribution in [0, 0.1) is 0 Å². The predicted molar refractivity (Wildman–Crippen MR) is 78.3 cm³/mol. The van der Waals surface area contributed by atoms with Crippen molar-refractivity contribution in [2.75, 3.05) is 13.1 Å². The smallest absolute Gasteiger partial charge is 0.261 e. The number of aliphatic hydroxyl groups is 1. The highest BCUT2D eigenvalue weighted by atomic mass is 79.9. The molecule has 1 aromatic rings. The highest BCUT2D eigenvalue weighted by Crippen LogP contribution is 2.21. The standard InChI is InChI=1S/C12H17BrN2O3S/c1-2-8(16)5-6-14-11(17)7-15-12(18)9-3-4-10(13)19-9/h3-4,8,16H,2,5-7H2,1H3,(H,14,17)(H,15,18). The molecule has 1 atom stereocenters. The number of halogens is 1. The van der Waals surface area contributed by atoms with Gasteiger partial charge in [0.05, 0.1) is 21.3 Å². The van der Waals surface area contributed by atoms with E-state index < -0.39 is 6.10 Å². The fourth-order valence-corrected chi connectivity index (χ4v) is 2.63. The fourth-order valence-electron chi connectivity index (χ4n) is 1.33. The van der Waals surface area contributed by atoms with E-state index in [1.807, 2.05) is 6.92 Å². The van der Waals surface area contributed by atoms with Gasteiger partial charge in [0.15, 0.2) is 0 Å². The maximum atomic E-state index is 11.6. The van der Waals surface area contributed by atoms with Gasteiger partial charge >= 0.3 is 0 Å². The molecule has 0 saturated carbocycles. The zero-order valence-electron chi connectivity index (χ0n) is 10.6. The van der Waals surface area contributed by atoms with Crippen molar-refractivity contribution in [1.29, 1.82) is 0 Å². The van der Waals surface area contributed by atoms with E-state index in [9.17, 15) is 14.7 Å². The van der Waals surface area contributed by atoms with Crippen molar-refractivity contribution in [3.05, 3.63) is 20.8 Å². The number of carbonyl (C=O) groups excluding carboxylic acids is 2. The fraction of sp³-hybridized carbons (Fsp3) is 0.500. The van der Waals surface area contributed by atoms with Crippen molar-refractivity contribution in [2.24, 2.45) is 0 Å². The van der Waals surface area contributed by atoms with Crippen LogP contribution in [0.3, 0.4) is 0 Å². The maximum absolute atomic E-state index is 11.6. The molecule has 0 aliphatic carbocycles. The van der Waals surface area contributed by atoms with E-state index >= 15 is 0 Å². The SMILES string of the molecule is CCC(O)CCNC(=O)CNC(=O)c1ccc(Br)s1. The van der Waals surface area contributed by atoms with Crippen LogP contribution in [0.1, 0.15) is 29.4 Å². The molecule has 0 fully saturated rings. The molecule has 0 aliphatic heterocycles. The van der Waals surface area contributed by atoms with Crippen LogP contribution in [0.4, 0.5) is 0 Å². The first-order valence-corrected chi connectivity index (χ1v) is 7.62. The van der Waals surface area contributed by atoms with Crippen LogP contribution in [0.25, 0.3) is 0 Å². The van der Waals surface area contributed by atoms with Crippen molar-refractivity contribution < 1.29 is 14.7 Å². The lowest BCUT2D eigenvalue weighted by molar-refractivity contribution is -0.120. The molecule has 0 aromatic carbocycles. The minimum Gasteiger partial charge on any atom is -0.393 e. The number of rotatable bonds is 7. The zero-order valence-corrected chi connectivity index (χ0v) is 13.0. The summed E-state index contributed by atoms with van der Waals surface area (Å²) < 4.78 is 0.871. The Morgan fingerprint density at radius 3 is 2.74 bits per heavy atom. The van der Waals surface area contributed by atoms with Gasteiger partial charge in [0.25, 0.3) is 5.91 Å². The predicted octanol–water partition coefficient (Wildman–Crippen LogP) is 1.52. The van der Waals surface area contributed by atoms with Gasteiger partial charge in [-0.05, 0) is 40.9 Å².